The Morgan fingerprint density at radius 3 is 2.72 bits per heavy atom. The first kappa shape index (κ1) is 13.6. The Balaban J connectivity index is 2.45. The molecule has 0 radical (unpaired) electrons. The summed E-state index contributed by atoms with van der Waals surface area (Å²) in [4.78, 5) is 5.59. The van der Waals surface area contributed by atoms with Gasteiger partial charge >= 0.3 is 0 Å². The minimum absolute atomic E-state index is 0.350. The number of aryl methyl sites for hydroxylation is 2. The predicted octanol–water partition coefficient (Wildman–Crippen LogP) is 4.51. The van der Waals surface area contributed by atoms with Gasteiger partial charge in [-0.1, -0.05) is 35.8 Å². The zero-order valence-corrected chi connectivity index (χ0v) is 13.2. The molecule has 1 unspecified atom stereocenters. The quantitative estimate of drug-likeness (QED) is 0.902. The molecule has 0 aliphatic heterocycles. The van der Waals surface area contributed by atoms with Crippen LogP contribution in [0.1, 0.15) is 41.5 Å². The van der Waals surface area contributed by atoms with Crippen molar-refractivity contribution in [3.8, 4) is 0 Å². The lowest BCUT2D eigenvalue weighted by Gasteiger charge is -2.15. The molecule has 0 fully saturated rings. The number of aromatic nitrogens is 1. The lowest BCUT2D eigenvalue weighted by molar-refractivity contribution is 0.897. The Kier molecular flexibility index (Phi) is 4.07. The van der Waals surface area contributed by atoms with E-state index >= 15 is 0 Å². The Morgan fingerprint density at radius 1 is 1.44 bits per heavy atom. The summed E-state index contributed by atoms with van der Waals surface area (Å²) < 4.78 is 1.14. The first-order chi connectivity index (χ1) is 8.52. The summed E-state index contributed by atoms with van der Waals surface area (Å²) in [7, 11) is 0. The van der Waals surface area contributed by atoms with Gasteiger partial charge in [0, 0.05) is 15.3 Å². The van der Waals surface area contributed by atoms with E-state index in [0.717, 1.165) is 16.6 Å². The van der Waals surface area contributed by atoms with E-state index in [0.29, 0.717) is 11.0 Å². The normalized spacial score (nSPS) is 12.7. The van der Waals surface area contributed by atoms with Crippen LogP contribution in [-0.2, 0) is 6.42 Å². The van der Waals surface area contributed by atoms with Crippen LogP contribution in [0.4, 0.5) is 5.13 Å². The van der Waals surface area contributed by atoms with Crippen LogP contribution in [0.5, 0.6) is 0 Å². The summed E-state index contributed by atoms with van der Waals surface area (Å²) in [6.45, 7) is 6.44. The highest BCUT2D eigenvalue weighted by Gasteiger charge is 2.17. The second-order valence-corrected chi connectivity index (χ2v) is 6.40. The summed E-state index contributed by atoms with van der Waals surface area (Å²) >= 11 is 5.13. The number of thiazole rings is 1. The van der Waals surface area contributed by atoms with Gasteiger partial charge in [0.1, 0.15) is 0 Å². The van der Waals surface area contributed by atoms with E-state index < -0.39 is 0 Å². The standard InChI is InChI=1S/C14H17BrN2S/c1-4-10-7-11(15)5-6-12(10)8(2)13-9(3)17-14(16)18-13/h5-8H,4H2,1-3H3,(H2,16,17). The van der Waals surface area contributed by atoms with E-state index in [9.17, 15) is 0 Å². The molecule has 0 bridgehead atoms. The number of hydrogen-bond acceptors (Lipinski definition) is 3. The van der Waals surface area contributed by atoms with Crippen molar-refractivity contribution < 1.29 is 0 Å². The van der Waals surface area contributed by atoms with Crippen LogP contribution in [-0.4, -0.2) is 4.98 Å². The van der Waals surface area contributed by atoms with Gasteiger partial charge < -0.3 is 5.73 Å². The molecule has 0 aliphatic carbocycles. The molecule has 18 heavy (non-hydrogen) atoms. The van der Waals surface area contributed by atoms with E-state index in [1.807, 2.05) is 6.92 Å². The maximum absolute atomic E-state index is 5.79. The third-order valence-corrected chi connectivity index (χ3v) is 4.86. The molecule has 1 aromatic carbocycles. The molecule has 0 saturated heterocycles. The minimum atomic E-state index is 0.350. The number of nitrogens with two attached hydrogens (primary N) is 1. The molecule has 2 N–H and O–H groups in total. The molecule has 1 heterocycles. The van der Waals surface area contributed by atoms with Gasteiger partial charge in [-0.15, -0.1) is 11.3 Å². The van der Waals surface area contributed by atoms with Crippen molar-refractivity contribution in [3.05, 3.63) is 44.4 Å². The molecule has 0 saturated carbocycles. The Morgan fingerprint density at radius 2 is 2.17 bits per heavy atom. The van der Waals surface area contributed by atoms with E-state index in [1.165, 1.54) is 16.0 Å². The Bertz CT molecular complexity index is 563. The van der Waals surface area contributed by atoms with Gasteiger partial charge in [0.2, 0.25) is 0 Å². The maximum Gasteiger partial charge on any atom is 0.180 e. The Hall–Kier alpha value is -0.870. The third kappa shape index (κ3) is 2.59. The average Bonchev–Trinajstić information content (AvgIpc) is 2.67. The van der Waals surface area contributed by atoms with Crippen LogP contribution < -0.4 is 5.73 Å². The van der Waals surface area contributed by atoms with E-state index in [-0.39, 0.29) is 0 Å². The summed E-state index contributed by atoms with van der Waals surface area (Å²) in [6.07, 6.45) is 1.03. The van der Waals surface area contributed by atoms with Crippen molar-refractivity contribution in [2.24, 2.45) is 0 Å². The molecule has 0 aliphatic rings. The molecule has 96 valence electrons. The summed E-state index contributed by atoms with van der Waals surface area (Å²) in [5.41, 5.74) is 9.59. The maximum atomic E-state index is 5.79. The Labute approximate surface area is 120 Å². The SMILES string of the molecule is CCc1cc(Br)ccc1C(C)c1sc(N)nc1C. The van der Waals surface area contributed by atoms with Crippen molar-refractivity contribution >= 4 is 32.4 Å². The summed E-state index contributed by atoms with van der Waals surface area (Å²) in [5.74, 6) is 0.350. The fourth-order valence-corrected chi connectivity index (χ4v) is 3.59. The number of rotatable bonds is 3. The van der Waals surface area contributed by atoms with Gasteiger partial charge in [-0.2, -0.15) is 0 Å². The summed E-state index contributed by atoms with van der Waals surface area (Å²) in [6, 6.07) is 6.50. The first-order valence-corrected chi connectivity index (χ1v) is 7.65. The molecule has 1 aromatic heterocycles. The summed E-state index contributed by atoms with van der Waals surface area (Å²) in [5, 5.41) is 0.657. The lowest BCUT2D eigenvalue weighted by atomic mass is 9.92. The smallest absolute Gasteiger partial charge is 0.180 e. The molecule has 1 atom stereocenters. The molecule has 4 heteroatoms. The van der Waals surface area contributed by atoms with Gasteiger partial charge in [-0.05, 0) is 36.6 Å². The number of nitrogens with zero attached hydrogens (tertiary/aromatic N) is 1. The number of nitrogen functional groups attached to an aromatic ring is 1. The van der Waals surface area contributed by atoms with Crippen molar-refractivity contribution in [1.82, 2.24) is 4.98 Å². The van der Waals surface area contributed by atoms with Crippen LogP contribution in [0.15, 0.2) is 22.7 Å². The van der Waals surface area contributed by atoms with Gasteiger partial charge in [-0.25, -0.2) is 4.98 Å². The number of benzene rings is 1. The van der Waals surface area contributed by atoms with E-state index in [2.05, 4.69) is 53.0 Å². The van der Waals surface area contributed by atoms with Gasteiger partial charge in [-0.3, -0.25) is 0 Å². The highest BCUT2D eigenvalue weighted by atomic mass is 79.9. The highest BCUT2D eigenvalue weighted by Crippen LogP contribution is 2.35. The molecular formula is C14H17BrN2S. The molecule has 2 aromatic rings. The third-order valence-electron chi connectivity index (χ3n) is 3.19. The first-order valence-electron chi connectivity index (χ1n) is 6.04. The van der Waals surface area contributed by atoms with Crippen molar-refractivity contribution in [1.29, 1.82) is 0 Å². The number of hydrogen-bond donors (Lipinski definition) is 1. The zero-order chi connectivity index (χ0) is 13.3. The van der Waals surface area contributed by atoms with E-state index in [4.69, 9.17) is 5.73 Å². The molecule has 2 nitrogen and oxygen atoms in total. The van der Waals surface area contributed by atoms with Crippen LogP contribution >= 0.6 is 27.3 Å². The van der Waals surface area contributed by atoms with Crippen LogP contribution in [0.2, 0.25) is 0 Å². The number of anilines is 1. The second-order valence-electron chi connectivity index (χ2n) is 4.42. The minimum Gasteiger partial charge on any atom is -0.375 e. The molecular weight excluding hydrogens is 308 g/mol. The largest absolute Gasteiger partial charge is 0.375 e. The molecule has 0 spiro atoms. The fourth-order valence-electron chi connectivity index (χ4n) is 2.28. The van der Waals surface area contributed by atoms with Crippen molar-refractivity contribution in [2.45, 2.75) is 33.1 Å². The van der Waals surface area contributed by atoms with E-state index in [1.54, 1.807) is 11.3 Å². The van der Waals surface area contributed by atoms with Crippen LogP contribution in [0, 0.1) is 6.92 Å². The predicted molar refractivity (Wildman–Crippen MR) is 82.3 cm³/mol. The van der Waals surface area contributed by atoms with Crippen molar-refractivity contribution in [2.75, 3.05) is 5.73 Å². The highest BCUT2D eigenvalue weighted by molar-refractivity contribution is 9.10. The molecule has 2 rings (SSSR count). The average molecular weight is 325 g/mol. The topological polar surface area (TPSA) is 38.9 Å². The molecule has 0 amide bonds. The number of halogens is 1. The van der Waals surface area contributed by atoms with Gasteiger partial charge in [0.25, 0.3) is 0 Å². The monoisotopic (exact) mass is 324 g/mol. The van der Waals surface area contributed by atoms with Crippen LogP contribution in [0.25, 0.3) is 0 Å². The van der Waals surface area contributed by atoms with Crippen molar-refractivity contribution in [3.63, 3.8) is 0 Å². The fraction of sp³-hybridized carbons (Fsp3) is 0.357. The van der Waals surface area contributed by atoms with Gasteiger partial charge in [0.05, 0.1) is 5.69 Å². The van der Waals surface area contributed by atoms with Crippen LogP contribution in [0.3, 0.4) is 0 Å². The lowest BCUT2D eigenvalue weighted by Crippen LogP contribution is -2.00. The second kappa shape index (κ2) is 5.41. The zero-order valence-electron chi connectivity index (χ0n) is 10.8. The van der Waals surface area contributed by atoms with Gasteiger partial charge in [0.15, 0.2) is 5.13 Å².